The Kier molecular flexibility index (Phi) is 3.59. The van der Waals surface area contributed by atoms with E-state index < -0.39 is 0 Å². The lowest BCUT2D eigenvalue weighted by atomic mass is 10.2. The van der Waals surface area contributed by atoms with Crippen LogP contribution in [-0.4, -0.2) is 16.7 Å². The van der Waals surface area contributed by atoms with Gasteiger partial charge in [0.25, 0.3) is 0 Å². The smallest absolute Gasteiger partial charge is 0.123 e. The third-order valence-electron chi connectivity index (χ3n) is 2.35. The van der Waals surface area contributed by atoms with Crippen molar-refractivity contribution in [2.45, 2.75) is 12.8 Å². The van der Waals surface area contributed by atoms with E-state index >= 15 is 0 Å². The summed E-state index contributed by atoms with van der Waals surface area (Å²) in [5.74, 6) is 0.144. The summed E-state index contributed by atoms with van der Waals surface area (Å²) in [6.45, 7) is 2.13. The Labute approximate surface area is 104 Å². The highest BCUT2D eigenvalue weighted by atomic mass is 35.5. The Morgan fingerprint density at radius 1 is 1.50 bits per heavy atom. The van der Waals surface area contributed by atoms with Crippen molar-refractivity contribution in [1.82, 2.24) is 4.98 Å². The molecule has 1 aromatic heterocycles. The van der Waals surface area contributed by atoms with E-state index in [-0.39, 0.29) is 12.5 Å². The summed E-state index contributed by atoms with van der Waals surface area (Å²) < 4.78 is 0. The van der Waals surface area contributed by atoms with E-state index in [1.807, 2.05) is 37.4 Å². The Morgan fingerprint density at radius 3 is 3.00 bits per heavy atom. The Morgan fingerprint density at radius 2 is 2.31 bits per heavy atom. The van der Waals surface area contributed by atoms with Gasteiger partial charge in [0.15, 0.2) is 0 Å². The molecule has 0 aliphatic heterocycles. The van der Waals surface area contributed by atoms with Crippen LogP contribution in [0.25, 0.3) is 10.6 Å². The van der Waals surface area contributed by atoms with Crippen LogP contribution in [0, 0.1) is 0 Å². The van der Waals surface area contributed by atoms with Gasteiger partial charge in [-0.15, -0.1) is 11.3 Å². The minimum absolute atomic E-state index is 0.144. The Hall–Kier alpha value is -0.900. The van der Waals surface area contributed by atoms with Crippen LogP contribution in [-0.2, 0) is 0 Å². The molecule has 0 aliphatic carbocycles. The van der Waals surface area contributed by atoms with E-state index in [2.05, 4.69) is 4.98 Å². The van der Waals surface area contributed by atoms with Gasteiger partial charge in [0.2, 0.25) is 0 Å². The molecule has 0 saturated heterocycles. The fraction of sp³-hybridized carbons (Fsp3) is 0.250. The predicted octanol–water partition coefficient (Wildman–Crippen LogP) is 3.56. The monoisotopic (exact) mass is 253 g/mol. The molecule has 0 aliphatic rings. The molecular weight excluding hydrogens is 242 g/mol. The van der Waals surface area contributed by atoms with Crippen molar-refractivity contribution in [2.75, 3.05) is 6.61 Å². The second-order valence-electron chi connectivity index (χ2n) is 3.66. The van der Waals surface area contributed by atoms with Crippen LogP contribution in [0.3, 0.4) is 0 Å². The number of hydrogen-bond donors (Lipinski definition) is 1. The largest absolute Gasteiger partial charge is 0.396 e. The van der Waals surface area contributed by atoms with Gasteiger partial charge in [0.1, 0.15) is 5.01 Å². The maximum absolute atomic E-state index is 9.07. The van der Waals surface area contributed by atoms with Crippen LogP contribution in [0.1, 0.15) is 17.7 Å². The standard InChI is InChI=1S/C12H12ClNOS/c1-8(7-15)11-6-14-12(16-11)9-3-2-4-10(13)5-9/h2-6,8,15H,7H2,1H3. The molecule has 0 spiro atoms. The van der Waals surface area contributed by atoms with E-state index in [9.17, 15) is 0 Å². The molecular formula is C12H12ClNOS. The van der Waals surface area contributed by atoms with Crippen molar-refractivity contribution < 1.29 is 5.11 Å². The number of benzene rings is 1. The van der Waals surface area contributed by atoms with Crippen molar-refractivity contribution in [3.05, 3.63) is 40.4 Å². The third-order valence-corrected chi connectivity index (χ3v) is 3.87. The molecule has 2 rings (SSSR count). The summed E-state index contributed by atoms with van der Waals surface area (Å²) in [6.07, 6.45) is 1.82. The summed E-state index contributed by atoms with van der Waals surface area (Å²) in [6, 6.07) is 7.63. The van der Waals surface area contributed by atoms with Crippen LogP contribution < -0.4 is 0 Å². The summed E-state index contributed by atoms with van der Waals surface area (Å²) in [5.41, 5.74) is 1.02. The molecule has 0 fully saturated rings. The van der Waals surface area contributed by atoms with E-state index in [0.29, 0.717) is 5.02 Å². The molecule has 0 saturated carbocycles. The summed E-state index contributed by atoms with van der Waals surface area (Å²) >= 11 is 7.53. The maximum Gasteiger partial charge on any atom is 0.123 e. The lowest BCUT2D eigenvalue weighted by Crippen LogP contribution is -1.94. The SMILES string of the molecule is CC(CO)c1cnc(-c2cccc(Cl)c2)s1. The maximum atomic E-state index is 9.07. The van der Waals surface area contributed by atoms with Crippen molar-refractivity contribution in [2.24, 2.45) is 0 Å². The molecule has 2 aromatic rings. The van der Waals surface area contributed by atoms with E-state index in [1.54, 1.807) is 11.3 Å². The predicted molar refractivity (Wildman–Crippen MR) is 68.1 cm³/mol. The van der Waals surface area contributed by atoms with Gasteiger partial charge in [-0.25, -0.2) is 4.98 Å². The van der Waals surface area contributed by atoms with Crippen LogP contribution in [0.15, 0.2) is 30.5 Å². The van der Waals surface area contributed by atoms with Crippen LogP contribution in [0.4, 0.5) is 0 Å². The fourth-order valence-electron chi connectivity index (χ4n) is 1.36. The topological polar surface area (TPSA) is 33.1 Å². The van der Waals surface area contributed by atoms with Crippen LogP contribution in [0.2, 0.25) is 5.02 Å². The Bertz CT molecular complexity index is 483. The van der Waals surface area contributed by atoms with E-state index in [4.69, 9.17) is 16.7 Å². The van der Waals surface area contributed by atoms with Gasteiger partial charge >= 0.3 is 0 Å². The van der Waals surface area contributed by atoms with Crippen molar-refractivity contribution in [3.8, 4) is 10.6 Å². The minimum atomic E-state index is 0.144. The number of aliphatic hydroxyl groups is 1. The molecule has 1 unspecified atom stereocenters. The quantitative estimate of drug-likeness (QED) is 0.907. The number of thiazole rings is 1. The van der Waals surface area contributed by atoms with Gasteiger partial charge in [-0.3, -0.25) is 0 Å². The summed E-state index contributed by atoms with van der Waals surface area (Å²) in [4.78, 5) is 5.44. The van der Waals surface area contributed by atoms with Crippen molar-refractivity contribution >= 4 is 22.9 Å². The molecule has 4 heteroatoms. The molecule has 0 radical (unpaired) electrons. The number of aliphatic hydroxyl groups excluding tert-OH is 1. The zero-order valence-corrected chi connectivity index (χ0v) is 10.4. The third kappa shape index (κ3) is 2.43. The van der Waals surface area contributed by atoms with Crippen LogP contribution in [0.5, 0.6) is 0 Å². The van der Waals surface area contributed by atoms with Crippen LogP contribution >= 0.6 is 22.9 Å². The zero-order valence-electron chi connectivity index (χ0n) is 8.85. The highest BCUT2D eigenvalue weighted by Crippen LogP contribution is 2.30. The van der Waals surface area contributed by atoms with Gasteiger partial charge in [0, 0.05) is 27.6 Å². The van der Waals surface area contributed by atoms with E-state index in [1.165, 1.54) is 0 Å². The van der Waals surface area contributed by atoms with Gasteiger partial charge in [-0.2, -0.15) is 0 Å². The first-order chi connectivity index (χ1) is 7.70. The first kappa shape index (κ1) is 11.6. The number of aromatic nitrogens is 1. The minimum Gasteiger partial charge on any atom is -0.396 e. The highest BCUT2D eigenvalue weighted by molar-refractivity contribution is 7.15. The fourth-order valence-corrected chi connectivity index (χ4v) is 2.50. The molecule has 1 heterocycles. The second-order valence-corrected chi connectivity index (χ2v) is 5.16. The average molecular weight is 254 g/mol. The zero-order chi connectivity index (χ0) is 11.5. The number of rotatable bonds is 3. The normalized spacial score (nSPS) is 12.7. The molecule has 1 aromatic carbocycles. The van der Waals surface area contributed by atoms with Gasteiger partial charge in [-0.05, 0) is 12.1 Å². The molecule has 2 nitrogen and oxygen atoms in total. The molecule has 84 valence electrons. The molecule has 0 bridgehead atoms. The van der Waals surface area contributed by atoms with Gasteiger partial charge in [-0.1, -0.05) is 30.7 Å². The number of hydrogen-bond acceptors (Lipinski definition) is 3. The molecule has 0 amide bonds. The number of nitrogens with zero attached hydrogens (tertiary/aromatic N) is 1. The van der Waals surface area contributed by atoms with Crippen molar-refractivity contribution in [1.29, 1.82) is 0 Å². The summed E-state index contributed by atoms with van der Waals surface area (Å²) in [5, 5.41) is 10.7. The first-order valence-electron chi connectivity index (χ1n) is 5.03. The highest BCUT2D eigenvalue weighted by Gasteiger charge is 2.10. The number of halogens is 1. The molecule has 16 heavy (non-hydrogen) atoms. The lowest BCUT2D eigenvalue weighted by Gasteiger charge is -2.01. The van der Waals surface area contributed by atoms with E-state index in [0.717, 1.165) is 15.4 Å². The van der Waals surface area contributed by atoms with Crippen molar-refractivity contribution in [3.63, 3.8) is 0 Å². The van der Waals surface area contributed by atoms with Gasteiger partial charge < -0.3 is 5.11 Å². The summed E-state index contributed by atoms with van der Waals surface area (Å²) in [7, 11) is 0. The van der Waals surface area contributed by atoms with Gasteiger partial charge in [0.05, 0.1) is 6.61 Å². The Balaban J connectivity index is 2.31. The average Bonchev–Trinajstić information content (AvgIpc) is 2.77. The molecule has 1 N–H and O–H groups in total. The first-order valence-corrected chi connectivity index (χ1v) is 6.22. The second kappa shape index (κ2) is 4.95. The lowest BCUT2D eigenvalue weighted by molar-refractivity contribution is 0.274. The molecule has 1 atom stereocenters.